The highest BCUT2D eigenvalue weighted by molar-refractivity contribution is 6.01. The van der Waals surface area contributed by atoms with Gasteiger partial charge in [-0.2, -0.15) is 0 Å². The molecule has 2 aromatic heterocycles. The molecule has 1 amide bonds. The summed E-state index contributed by atoms with van der Waals surface area (Å²) in [4.78, 5) is 18.3. The van der Waals surface area contributed by atoms with Gasteiger partial charge >= 0.3 is 0 Å². The van der Waals surface area contributed by atoms with Gasteiger partial charge in [-0.3, -0.25) is 4.79 Å². The lowest BCUT2D eigenvalue weighted by Crippen LogP contribution is -2.36. The number of carbonyl (C=O) groups excluding carboxylic acids is 1. The van der Waals surface area contributed by atoms with Crippen molar-refractivity contribution in [3.8, 4) is 0 Å². The third-order valence-corrected chi connectivity index (χ3v) is 3.32. The number of hydrogen-bond acceptors (Lipinski definition) is 5. The Balaban J connectivity index is 1.57. The number of nitrogens with zero attached hydrogens (tertiary/aromatic N) is 2. The van der Waals surface area contributed by atoms with Crippen LogP contribution < -0.4 is 10.2 Å². The van der Waals surface area contributed by atoms with Gasteiger partial charge in [-0.1, -0.05) is 0 Å². The van der Waals surface area contributed by atoms with Gasteiger partial charge in [0.25, 0.3) is 0 Å². The summed E-state index contributed by atoms with van der Waals surface area (Å²) < 4.78 is 10.4. The second kappa shape index (κ2) is 6.91. The Kier molecular flexibility index (Phi) is 4.50. The van der Waals surface area contributed by atoms with Crippen molar-refractivity contribution in [2.24, 2.45) is 0 Å². The Morgan fingerprint density at radius 3 is 2.82 bits per heavy atom. The number of nitrogens with one attached hydrogen (secondary N) is 1. The van der Waals surface area contributed by atoms with E-state index in [1.165, 1.54) is 6.08 Å². The Labute approximate surface area is 128 Å². The highest BCUT2D eigenvalue weighted by atomic mass is 16.5. The van der Waals surface area contributed by atoms with E-state index in [1.807, 2.05) is 6.07 Å². The van der Waals surface area contributed by atoms with E-state index < -0.39 is 0 Å². The van der Waals surface area contributed by atoms with Crippen molar-refractivity contribution < 1.29 is 13.9 Å². The third-order valence-electron chi connectivity index (χ3n) is 3.32. The van der Waals surface area contributed by atoms with Crippen LogP contribution in [0.3, 0.4) is 0 Å². The SMILES string of the molecule is O=C(/C=C/c1ccco1)Nc1ccc(N2CCOCC2)cn1. The molecule has 1 aliphatic heterocycles. The van der Waals surface area contributed by atoms with Gasteiger partial charge in [0.1, 0.15) is 11.6 Å². The Morgan fingerprint density at radius 2 is 2.14 bits per heavy atom. The van der Waals surface area contributed by atoms with Gasteiger partial charge < -0.3 is 19.4 Å². The predicted molar refractivity (Wildman–Crippen MR) is 83.6 cm³/mol. The fourth-order valence-electron chi connectivity index (χ4n) is 2.18. The zero-order valence-electron chi connectivity index (χ0n) is 12.1. The quantitative estimate of drug-likeness (QED) is 0.876. The summed E-state index contributed by atoms with van der Waals surface area (Å²) >= 11 is 0. The molecule has 0 atom stereocenters. The molecule has 22 heavy (non-hydrogen) atoms. The summed E-state index contributed by atoms with van der Waals surface area (Å²) in [7, 11) is 0. The zero-order valence-corrected chi connectivity index (χ0v) is 12.1. The van der Waals surface area contributed by atoms with E-state index in [0.717, 1.165) is 32.0 Å². The first-order chi connectivity index (χ1) is 10.8. The number of morpholine rings is 1. The van der Waals surface area contributed by atoms with E-state index in [2.05, 4.69) is 15.2 Å². The first kappa shape index (κ1) is 14.3. The topological polar surface area (TPSA) is 67.6 Å². The molecule has 114 valence electrons. The first-order valence-electron chi connectivity index (χ1n) is 7.12. The maximum Gasteiger partial charge on any atom is 0.249 e. The number of furan rings is 1. The van der Waals surface area contributed by atoms with Gasteiger partial charge in [-0.05, 0) is 30.3 Å². The molecule has 0 aliphatic carbocycles. The second-order valence-corrected chi connectivity index (χ2v) is 4.84. The van der Waals surface area contributed by atoms with Crippen molar-refractivity contribution in [1.29, 1.82) is 0 Å². The van der Waals surface area contributed by atoms with Crippen LogP contribution in [0.1, 0.15) is 5.76 Å². The van der Waals surface area contributed by atoms with Crippen LogP contribution in [0.25, 0.3) is 6.08 Å². The molecule has 0 radical (unpaired) electrons. The van der Waals surface area contributed by atoms with E-state index >= 15 is 0 Å². The molecule has 6 nitrogen and oxygen atoms in total. The minimum absolute atomic E-state index is 0.247. The number of rotatable bonds is 4. The maximum absolute atomic E-state index is 11.8. The summed E-state index contributed by atoms with van der Waals surface area (Å²) in [5.41, 5.74) is 1.03. The number of hydrogen-bond donors (Lipinski definition) is 1. The number of pyridine rings is 1. The van der Waals surface area contributed by atoms with Crippen LogP contribution >= 0.6 is 0 Å². The van der Waals surface area contributed by atoms with Gasteiger partial charge in [-0.15, -0.1) is 0 Å². The average Bonchev–Trinajstić information content (AvgIpc) is 3.08. The van der Waals surface area contributed by atoms with Crippen LogP contribution in [0.2, 0.25) is 0 Å². The van der Waals surface area contributed by atoms with Gasteiger partial charge in [0.05, 0.1) is 31.4 Å². The smallest absolute Gasteiger partial charge is 0.249 e. The molecular formula is C16H17N3O3. The Hall–Kier alpha value is -2.60. The van der Waals surface area contributed by atoms with Gasteiger partial charge in [0, 0.05) is 19.2 Å². The summed E-state index contributed by atoms with van der Waals surface area (Å²) in [6, 6.07) is 7.29. The van der Waals surface area contributed by atoms with Crippen molar-refractivity contribution in [2.75, 3.05) is 36.5 Å². The van der Waals surface area contributed by atoms with E-state index in [1.54, 1.807) is 36.7 Å². The van der Waals surface area contributed by atoms with Crippen molar-refractivity contribution in [3.05, 3.63) is 48.6 Å². The van der Waals surface area contributed by atoms with Crippen molar-refractivity contribution in [3.63, 3.8) is 0 Å². The Bertz CT molecular complexity index is 629. The van der Waals surface area contributed by atoms with Crippen LogP contribution in [0.15, 0.2) is 47.2 Å². The van der Waals surface area contributed by atoms with E-state index in [0.29, 0.717) is 11.6 Å². The van der Waals surface area contributed by atoms with Crippen LogP contribution in [0, 0.1) is 0 Å². The van der Waals surface area contributed by atoms with Gasteiger partial charge in [-0.25, -0.2) is 4.98 Å². The summed E-state index contributed by atoms with van der Waals surface area (Å²) in [5.74, 6) is 0.903. The molecular weight excluding hydrogens is 282 g/mol. The van der Waals surface area contributed by atoms with E-state index in [4.69, 9.17) is 9.15 Å². The Morgan fingerprint density at radius 1 is 1.27 bits per heavy atom. The molecule has 6 heteroatoms. The van der Waals surface area contributed by atoms with E-state index in [-0.39, 0.29) is 5.91 Å². The van der Waals surface area contributed by atoms with Crippen LogP contribution in [0.5, 0.6) is 0 Å². The molecule has 1 aliphatic rings. The number of aromatic nitrogens is 1. The normalized spacial score (nSPS) is 15.2. The van der Waals surface area contributed by atoms with Crippen molar-refractivity contribution in [1.82, 2.24) is 4.98 Å². The lowest BCUT2D eigenvalue weighted by molar-refractivity contribution is -0.111. The lowest BCUT2D eigenvalue weighted by atomic mass is 10.3. The summed E-state index contributed by atoms with van der Waals surface area (Å²) in [5, 5.41) is 2.71. The minimum atomic E-state index is -0.247. The molecule has 0 bridgehead atoms. The number of amides is 1. The summed E-state index contributed by atoms with van der Waals surface area (Å²) in [6.45, 7) is 3.19. The molecule has 3 rings (SSSR count). The van der Waals surface area contributed by atoms with Gasteiger partial charge in [0.2, 0.25) is 5.91 Å². The summed E-state index contributed by atoms with van der Waals surface area (Å²) in [6.07, 6.45) is 6.34. The molecule has 1 saturated heterocycles. The highest BCUT2D eigenvalue weighted by Gasteiger charge is 2.11. The van der Waals surface area contributed by atoms with Crippen molar-refractivity contribution in [2.45, 2.75) is 0 Å². The molecule has 0 saturated carbocycles. The number of anilines is 2. The average molecular weight is 299 g/mol. The fraction of sp³-hybridized carbons (Fsp3) is 0.250. The number of carbonyl (C=O) groups is 1. The lowest BCUT2D eigenvalue weighted by Gasteiger charge is -2.28. The van der Waals surface area contributed by atoms with E-state index in [9.17, 15) is 4.79 Å². The third kappa shape index (κ3) is 3.73. The molecule has 0 aromatic carbocycles. The molecule has 3 heterocycles. The standard InChI is InChI=1S/C16H17N3O3/c20-16(6-4-14-2-1-9-22-14)18-15-5-3-13(12-17-15)19-7-10-21-11-8-19/h1-6,9,12H,7-8,10-11H2,(H,17,18,20)/b6-4+. The highest BCUT2D eigenvalue weighted by Crippen LogP contribution is 2.16. The monoisotopic (exact) mass is 299 g/mol. The number of ether oxygens (including phenoxy) is 1. The zero-order chi connectivity index (χ0) is 15.2. The molecule has 1 fully saturated rings. The van der Waals surface area contributed by atoms with Crippen molar-refractivity contribution >= 4 is 23.5 Å². The molecule has 1 N–H and O–H groups in total. The molecule has 2 aromatic rings. The van der Waals surface area contributed by atoms with Crippen LogP contribution in [0.4, 0.5) is 11.5 Å². The minimum Gasteiger partial charge on any atom is -0.465 e. The predicted octanol–water partition coefficient (Wildman–Crippen LogP) is 2.16. The first-order valence-corrected chi connectivity index (χ1v) is 7.12. The fourth-order valence-corrected chi connectivity index (χ4v) is 2.18. The molecule has 0 spiro atoms. The van der Waals surface area contributed by atoms with Gasteiger partial charge in [0.15, 0.2) is 0 Å². The molecule has 0 unspecified atom stereocenters. The second-order valence-electron chi connectivity index (χ2n) is 4.84. The van der Waals surface area contributed by atoms with Crippen LogP contribution in [-0.2, 0) is 9.53 Å². The largest absolute Gasteiger partial charge is 0.465 e. The maximum atomic E-state index is 11.8. The van der Waals surface area contributed by atoms with Crippen LogP contribution in [-0.4, -0.2) is 37.2 Å².